The summed E-state index contributed by atoms with van der Waals surface area (Å²) in [5, 5.41) is 9.93. The summed E-state index contributed by atoms with van der Waals surface area (Å²) in [4.78, 5) is 17.9. The number of carbonyl (C=O) groups is 1. The molecule has 1 atom stereocenters. The smallest absolute Gasteiger partial charge is 0.182 e. The predicted molar refractivity (Wildman–Crippen MR) is 129 cm³/mol. The van der Waals surface area contributed by atoms with Gasteiger partial charge in [-0.2, -0.15) is 0 Å². The Kier molecular flexibility index (Phi) is 7.18. The molecule has 36 heavy (non-hydrogen) atoms. The summed E-state index contributed by atoms with van der Waals surface area (Å²) >= 11 is 0. The van der Waals surface area contributed by atoms with Crippen molar-refractivity contribution in [1.29, 1.82) is 0 Å². The quantitative estimate of drug-likeness (QED) is 0.336. The molecule has 0 bridgehead atoms. The van der Waals surface area contributed by atoms with Gasteiger partial charge in [0.2, 0.25) is 0 Å². The highest BCUT2D eigenvalue weighted by molar-refractivity contribution is 7.90. The number of rotatable bonds is 9. The van der Waals surface area contributed by atoms with Crippen LogP contribution in [0.3, 0.4) is 0 Å². The summed E-state index contributed by atoms with van der Waals surface area (Å²) < 4.78 is 58.6. The van der Waals surface area contributed by atoms with Crippen LogP contribution in [0.2, 0.25) is 0 Å². The number of ketones is 1. The lowest BCUT2D eigenvalue weighted by Crippen LogP contribution is -2.14. The van der Waals surface area contributed by atoms with Crippen LogP contribution in [-0.2, 0) is 16.4 Å². The number of hydrogen-bond acceptors (Lipinski definition) is 6. The van der Waals surface area contributed by atoms with Gasteiger partial charge in [0.1, 0.15) is 23.9 Å². The molecule has 2 aromatic heterocycles. The number of benzene rings is 2. The van der Waals surface area contributed by atoms with Crippen molar-refractivity contribution in [2.75, 3.05) is 12.9 Å². The number of nitrogens with zero attached hydrogens (tertiary/aromatic N) is 2. The molecule has 0 aliphatic heterocycles. The highest BCUT2D eigenvalue weighted by Crippen LogP contribution is 2.28. The van der Waals surface area contributed by atoms with Gasteiger partial charge in [0.05, 0.1) is 22.8 Å². The van der Waals surface area contributed by atoms with Crippen LogP contribution in [0.1, 0.15) is 39.6 Å². The van der Waals surface area contributed by atoms with E-state index in [1.165, 1.54) is 18.2 Å². The molecule has 2 aromatic carbocycles. The van der Waals surface area contributed by atoms with E-state index in [2.05, 4.69) is 4.98 Å². The number of hydrogen-bond donors (Lipinski definition) is 1. The number of aromatic nitrogens is 2. The zero-order valence-electron chi connectivity index (χ0n) is 19.6. The van der Waals surface area contributed by atoms with E-state index in [-0.39, 0.29) is 41.6 Å². The van der Waals surface area contributed by atoms with Gasteiger partial charge in [0.25, 0.3) is 0 Å². The number of carbonyl (C=O) groups excluding carboxylic acids is 1. The molecule has 2 heterocycles. The van der Waals surface area contributed by atoms with Crippen LogP contribution in [0.25, 0.3) is 5.65 Å². The predicted octanol–water partition coefficient (Wildman–Crippen LogP) is 4.25. The maximum atomic E-state index is 14.0. The Bertz CT molecular complexity index is 1510. The number of aliphatic hydroxyl groups excluding tert-OH is 1. The molecule has 4 rings (SSSR count). The van der Waals surface area contributed by atoms with Gasteiger partial charge in [-0.3, -0.25) is 9.20 Å². The molecular formula is C26H24F2N2O5S. The van der Waals surface area contributed by atoms with Crippen molar-refractivity contribution in [3.63, 3.8) is 0 Å². The molecule has 0 aliphatic carbocycles. The van der Waals surface area contributed by atoms with E-state index in [0.717, 1.165) is 18.4 Å². The van der Waals surface area contributed by atoms with Crippen molar-refractivity contribution in [3.05, 3.63) is 94.9 Å². The lowest BCUT2D eigenvalue weighted by molar-refractivity contribution is 0.0953. The van der Waals surface area contributed by atoms with Crippen molar-refractivity contribution >= 4 is 21.3 Å². The molecule has 0 radical (unpaired) electrons. The fraction of sp³-hybridized carbons (Fsp3) is 0.231. The van der Waals surface area contributed by atoms with Crippen molar-refractivity contribution < 1.29 is 31.8 Å². The minimum atomic E-state index is -3.37. The maximum Gasteiger partial charge on any atom is 0.182 e. The number of pyridine rings is 1. The minimum absolute atomic E-state index is 0.0467. The average molecular weight is 515 g/mol. The Balaban J connectivity index is 1.59. The Labute approximate surface area is 206 Å². The summed E-state index contributed by atoms with van der Waals surface area (Å²) in [6.45, 7) is 0.987. The Hall–Kier alpha value is -3.63. The zero-order chi connectivity index (χ0) is 26.0. The average Bonchev–Trinajstić information content (AvgIpc) is 3.18. The standard InChI is InChI=1S/C26H24F2N2O5S/c1-16-25(23(32)13-18(14-31)17-8-10-19(11-9-17)36(2,33)34)30-12-4-7-24(26(30)29-16)35-15-20-21(27)5-3-6-22(20)28/h3-12,18,31H,13-15H2,1-2H3. The number of fused-ring (bicyclic) bond motifs is 1. The maximum absolute atomic E-state index is 14.0. The Morgan fingerprint density at radius 1 is 1.08 bits per heavy atom. The van der Waals surface area contributed by atoms with E-state index in [4.69, 9.17) is 4.74 Å². The summed E-state index contributed by atoms with van der Waals surface area (Å²) in [6, 6.07) is 12.8. The third kappa shape index (κ3) is 5.14. The van der Waals surface area contributed by atoms with Gasteiger partial charge in [-0.05, 0) is 48.9 Å². The van der Waals surface area contributed by atoms with Gasteiger partial charge < -0.3 is 9.84 Å². The SMILES string of the molecule is Cc1nc2c(OCc3c(F)cccc3F)cccn2c1C(=O)CC(CO)c1ccc(S(C)(=O)=O)cc1. The minimum Gasteiger partial charge on any atom is -0.485 e. The first-order chi connectivity index (χ1) is 17.1. The largest absolute Gasteiger partial charge is 0.485 e. The van der Waals surface area contributed by atoms with Crippen LogP contribution in [-0.4, -0.2) is 41.6 Å². The van der Waals surface area contributed by atoms with Gasteiger partial charge in [0, 0.05) is 24.8 Å². The van der Waals surface area contributed by atoms with Crippen molar-refractivity contribution in [2.24, 2.45) is 0 Å². The topological polar surface area (TPSA) is 98.0 Å². The van der Waals surface area contributed by atoms with E-state index in [9.17, 15) is 27.1 Å². The van der Waals surface area contributed by atoms with Crippen LogP contribution in [0.4, 0.5) is 8.78 Å². The molecule has 1 unspecified atom stereocenters. The van der Waals surface area contributed by atoms with E-state index in [1.807, 2.05) is 0 Å². The molecule has 1 N–H and O–H groups in total. The lowest BCUT2D eigenvalue weighted by atomic mass is 9.93. The first kappa shape index (κ1) is 25.5. The molecule has 4 aromatic rings. The van der Waals surface area contributed by atoms with E-state index in [0.29, 0.717) is 22.6 Å². The zero-order valence-corrected chi connectivity index (χ0v) is 20.4. The number of halogens is 2. The van der Waals surface area contributed by atoms with Gasteiger partial charge >= 0.3 is 0 Å². The number of aliphatic hydroxyl groups is 1. The second kappa shape index (κ2) is 10.2. The van der Waals surface area contributed by atoms with Crippen LogP contribution >= 0.6 is 0 Å². The number of ether oxygens (including phenoxy) is 1. The molecule has 188 valence electrons. The number of Topliss-reactive ketones (excluding diaryl/α,β-unsaturated/α-hetero) is 1. The summed E-state index contributed by atoms with van der Waals surface area (Å²) in [5.41, 5.74) is 1.44. The lowest BCUT2D eigenvalue weighted by Gasteiger charge is -2.15. The highest BCUT2D eigenvalue weighted by atomic mass is 32.2. The molecular weight excluding hydrogens is 490 g/mol. The number of imidazole rings is 1. The monoisotopic (exact) mass is 514 g/mol. The fourth-order valence-corrected chi connectivity index (χ4v) is 4.65. The molecule has 0 saturated carbocycles. The van der Waals surface area contributed by atoms with Crippen LogP contribution < -0.4 is 4.74 Å². The van der Waals surface area contributed by atoms with Gasteiger partial charge in [-0.25, -0.2) is 22.2 Å². The van der Waals surface area contributed by atoms with Gasteiger partial charge in [-0.15, -0.1) is 0 Å². The second-order valence-electron chi connectivity index (χ2n) is 8.45. The molecule has 0 fully saturated rings. The van der Waals surface area contributed by atoms with Gasteiger partial charge in [-0.1, -0.05) is 18.2 Å². The molecule has 0 amide bonds. The first-order valence-electron chi connectivity index (χ1n) is 11.1. The molecule has 0 aliphatic rings. The fourth-order valence-electron chi connectivity index (χ4n) is 4.02. The third-order valence-corrected chi connectivity index (χ3v) is 7.05. The van der Waals surface area contributed by atoms with Crippen LogP contribution in [0, 0.1) is 18.6 Å². The van der Waals surface area contributed by atoms with E-state index in [1.54, 1.807) is 41.8 Å². The molecule has 0 spiro atoms. The van der Waals surface area contributed by atoms with Gasteiger partial charge in [0.15, 0.2) is 27.0 Å². The molecule has 0 saturated heterocycles. The number of sulfone groups is 1. The van der Waals surface area contributed by atoms with E-state index >= 15 is 0 Å². The summed E-state index contributed by atoms with van der Waals surface area (Å²) in [5.74, 6) is -2.05. The number of aryl methyl sites for hydroxylation is 1. The first-order valence-corrected chi connectivity index (χ1v) is 13.0. The Morgan fingerprint density at radius 2 is 1.75 bits per heavy atom. The van der Waals surface area contributed by atoms with Crippen LogP contribution in [0.15, 0.2) is 65.7 Å². The normalized spacial score (nSPS) is 12.6. The highest BCUT2D eigenvalue weighted by Gasteiger charge is 2.23. The van der Waals surface area contributed by atoms with Crippen molar-refractivity contribution in [1.82, 2.24) is 9.38 Å². The Morgan fingerprint density at radius 3 is 2.36 bits per heavy atom. The summed E-state index contributed by atoms with van der Waals surface area (Å²) in [7, 11) is -3.37. The van der Waals surface area contributed by atoms with Crippen molar-refractivity contribution in [3.8, 4) is 5.75 Å². The van der Waals surface area contributed by atoms with E-state index < -0.39 is 27.4 Å². The second-order valence-corrected chi connectivity index (χ2v) is 10.5. The van der Waals surface area contributed by atoms with Crippen molar-refractivity contribution in [2.45, 2.75) is 30.8 Å². The third-order valence-electron chi connectivity index (χ3n) is 5.92. The molecule has 10 heteroatoms. The molecule has 7 nitrogen and oxygen atoms in total. The summed E-state index contributed by atoms with van der Waals surface area (Å²) in [6.07, 6.45) is 2.69. The van der Waals surface area contributed by atoms with Crippen LogP contribution in [0.5, 0.6) is 5.75 Å².